The predicted octanol–water partition coefficient (Wildman–Crippen LogP) is 2.24. The average molecular weight is 459 g/mol. The third kappa shape index (κ3) is 4.65. The zero-order valence-corrected chi connectivity index (χ0v) is 17.6. The van der Waals surface area contributed by atoms with Gasteiger partial charge in [0, 0.05) is 23.3 Å². The fourth-order valence-corrected chi connectivity index (χ4v) is 4.35. The van der Waals surface area contributed by atoms with Crippen LogP contribution in [0.1, 0.15) is 29.6 Å². The number of halogens is 2. The van der Waals surface area contributed by atoms with E-state index in [9.17, 15) is 18.0 Å². The van der Waals surface area contributed by atoms with E-state index in [0.29, 0.717) is 12.8 Å². The van der Waals surface area contributed by atoms with Crippen LogP contribution in [0.3, 0.4) is 0 Å². The molecule has 0 bridgehead atoms. The Bertz CT molecular complexity index is 1100. The number of ether oxygens (including phenoxy) is 1. The van der Waals surface area contributed by atoms with Gasteiger partial charge in [-0.15, -0.1) is 5.10 Å². The minimum Gasteiger partial charge on any atom is -0.489 e. The second kappa shape index (κ2) is 8.60. The summed E-state index contributed by atoms with van der Waals surface area (Å²) in [5, 5.41) is 10.6. The van der Waals surface area contributed by atoms with Gasteiger partial charge < -0.3 is 4.74 Å². The Morgan fingerprint density at radius 3 is 2.66 bits per heavy atom. The molecule has 154 valence electrons. The van der Waals surface area contributed by atoms with Crippen LogP contribution in [-0.4, -0.2) is 53.1 Å². The average Bonchev–Trinajstić information content (AvgIpc) is 3.15. The van der Waals surface area contributed by atoms with Gasteiger partial charge in [0.1, 0.15) is 17.8 Å². The van der Waals surface area contributed by atoms with Gasteiger partial charge in [-0.05, 0) is 35.4 Å². The number of aromatic nitrogens is 4. The molecule has 0 amide bonds. The second-order valence-corrected chi connectivity index (χ2v) is 9.15. The van der Waals surface area contributed by atoms with E-state index in [4.69, 9.17) is 27.9 Å². The molecule has 12 heteroatoms. The molecule has 0 radical (unpaired) electrons. The maximum atomic E-state index is 12.9. The van der Waals surface area contributed by atoms with Gasteiger partial charge in [0.2, 0.25) is 0 Å². The number of benzene rings is 1. The molecule has 2 aromatic rings. The number of rotatable bonds is 7. The van der Waals surface area contributed by atoms with Gasteiger partial charge in [0.15, 0.2) is 27.2 Å². The number of hydrogen-bond donors (Lipinski definition) is 0. The first-order valence-corrected chi connectivity index (χ1v) is 11.2. The fourth-order valence-electron chi connectivity index (χ4n) is 2.85. The van der Waals surface area contributed by atoms with Crippen LogP contribution in [-0.2, 0) is 21.2 Å². The van der Waals surface area contributed by atoms with E-state index in [2.05, 4.69) is 15.5 Å². The van der Waals surface area contributed by atoms with E-state index in [1.54, 1.807) is 0 Å². The topological polar surface area (TPSA) is 121 Å². The van der Waals surface area contributed by atoms with E-state index in [1.165, 1.54) is 23.1 Å². The summed E-state index contributed by atoms with van der Waals surface area (Å²) in [5.41, 5.74) is -0.175. The lowest BCUT2D eigenvalue weighted by atomic mass is 9.91. The summed E-state index contributed by atoms with van der Waals surface area (Å²) in [6.07, 6.45) is 3.57. The summed E-state index contributed by atoms with van der Waals surface area (Å²) >= 11 is 12.5. The number of sulfone groups is 1. The number of ketones is 2. The number of carbonyl (C=O) groups is 2. The predicted molar refractivity (Wildman–Crippen MR) is 104 cm³/mol. The van der Waals surface area contributed by atoms with Gasteiger partial charge in [-0.3, -0.25) is 9.59 Å². The lowest BCUT2D eigenvalue weighted by Gasteiger charge is -2.17. The zero-order chi connectivity index (χ0) is 21.2. The van der Waals surface area contributed by atoms with E-state index in [1.807, 2.05) is 0 Å². The molecule has 1 aromatic heterocycles. The van der Waals surface area contributed by atoms with Crippen molar-refractivity contribution in [1.82, 2.24) is 20.2 Å². The highest BCUT2D eigenvalue weighted by Crippen LogP contribution is 2.38. The molecule has 1 aliphatic rings. The number of Topliss-reactive ketones (excluding diaryl/α,β-unsaturated/α-hetero) is 2. The smallest absolute Gasteiger partial charge is 0.199 e. The van der Waals surface area contributed by atoms with Gasteiger partial charge >= 0.3 is 0 Å². The number of tetrazole rings is 1. The molecule has 0 fully saturated rings. The van der Waals surface area contributed by atoms with Gasteiger partial charge in [-0.25, -0.2) is 13.1 Å². The Kier molecular flexibility index (Phi) is 6.35. The van der Waals surface area contributed by atoms with Crippen LogP contribution in [0.25, 0.3) is 0 Å². The Labute approximate surface area is 176 Å². The van der Waals surface area contributed by atoms with Crippen molar-refractivity contribution in [3.63, 3.8) is 0 Å². The van der Waals surface area contributed by atoms with Gasteiger partial charge in [-0.2, -0.15) is 0 Å². The molecule has 0 saturated heterocycles. The van der Waals surface area contributed by atoms with Crippen molar-refractivity contribution in [2.24, 2.45) is 0 Å². The monoisotopic (exact) mass is 458 g/mol. The summed E-state index contributed by atoms with van der Waals surface area (Å²) in [5.74, 6) is -1.20. The second-order valence-electron chi connectivity index (χ2n) is 6.33. The minimum absolute atomic E-state index is 0.00664. The number of carbonyl (C=O) groups excluding carboxylic acids is 2. The summed E-state index contributed by atoms with van der Waals surface area (Å²) in [6.45, 7) is 0.216. The highest BCUT2D eigenvalue weighted by atomic mass is 35.5. The Balaban J connectivity index is 1.99. The lowest BCUT2D eigenvalue weighted by molar-refractivity contribution is -0.115. The summed E-state index contributed by atoms with van der Waals surface area (Å²) in [7, 11) is -3.70. The minimum atomic E-state index is -3.70. The summed E-state index contributed by atoms with van der Waals surface area (Å²) in [6, 6.07) is 2.48. The molecule has 0 N–H and O–H groups in total. The van der Waals surface area contributed by atoms with Crippen LogP contribution in [0, 0.1) is 0 Å². The quantitative estimate of drug-likeness (QED) is 0.457. The highest BCUT2D eigenvalue weighted by molar-refractivity contribution is 7.90. The first-order valence-electron chi connectivity index (χ1n) is 8.53. The molecule has 0 saturated carbocycles. The normalized spacial score (nSPS) is 14.9. The van der Waals surface area contributed by atoms with Crippen LogP contribution in [0.4, 0.5) is 0 Å². The molecule has 29 heavy (non-hydrogen) atoms. The lowest BCUT2D eigenvalue weighted by Crippen LogP contribution is -2.19. The maximum Gasteiger partial charge on any atom is 0.199 e. The fraction of sp³-hybridized carbons (Fsp3) is 0.353. The molecule has 3 rings (SSSR count). The molecular weight excluding hydrogens is 443 g/mol. The molecule has 0 unspecified atom stereocenters. The van der Waals surface area contributed by atoms with Crippen LogP contribution in [0.5, 0.6) is 5.75 Å². The molecule has 1 heterocycles. The van der Waals surface area contributed by atoms with Gasteiger partial charge in [0.05, 0.1) is 17.1 Å². The third-order valence-electron chi connectivity index (χ3n) is 4.24. The molecule has 0 aliphatic heterocycles. The number of allylic oxidation sites excluding steroid dienone is 2. The maximum absolute atomic E-state index is 12.9. The number of hydrogen-bond acceptors (Lipinski definition) is 8. The van der Waals surface area contributed by atoms with Crippen molar-refractivity contribution in [2.45, 2.75) is 30.7 Å². The molecular formula is C17H16Cl2N4O5S. The molecule has 1 aromatic carbocycles. The highest BCUT2D eigenvalue weighted by Gasteiger charge is 2.30. The first kappa shape index (κ1) is 21.4. The molecule has 1 aliphatic carbocycles. The Morgan fingerprint density at radius 1 is 1.28 bits per heavy atom. The van der Waals surface area contributed by atoms with Crippen molar-refractivity contribution in [1.29, 1.82) is 0 Å². The molecule has 0 spiro atoms. The van der Waals surface area contributed by atoms with Gasteiger partial charge in [-0.1, -0.05) is 23.2 Å². The molecule has 9 nitrogen and oxygen atoms in total. The summed E-state index contributed by atoms with van der Waals surface area (Å²) < 4.78 is 31.2. The van der Waals surface area contributed by atoms with Crippen molar-refractivity contribution < 1.29 is 22.7 Å². The Morgan fingerprint density at radius 2 is 2.03 bits per heavy atom. The van der Waals surface area contributed by atoms with Crippen molar-refractivity contribution in [3.05, 3.63) is 39.7 Å². The van der Waals surface area contributed by atoms with Crippen LogP contribution in [0.15, 0.2) is 34.0 Å². The standard InChI is InChI=1S/C17H16Cl2N4O5S/c1-29(26,27)13-6-5-10(16(25)14-11(18)3-2-4-12(14)24)15(19)17(13)28-8-7-23-9-20-21-22-23/h5-6,9H,2-4,7-8H2,1H3. The summed E-state index contributed by atoms with van der Waals surface area (Å²) in [4.78, 5) is 24.9. The molecule has 0 atom stereocenters. The van der Waals surface area contributed by atoms with Crippen LogP contribution in [0.2, 0.25) is 5.02 Å². The van der Waals surface area contributed by atoms with E-state index >= 15 is 0 Å². The third-order valence-corrected chi connectivity index (χ3v) is 6.11. The van der Waals surface area contributed by atoms with Crippen molar-refractivity contribution in [3.8, 4) is 5.75 Å². The number of nitrogens with zero attached hydrogens (tertiary/aromatic N) is 4. The SMILES string of the molecule is CS(=O)(=O)c1ccc(C(=O)C2=C(Cl)CCCC2=O)c(Cl)c1OCCn1cnnn1. The van der Waals surface area contributed by atoms with Gasteiger partial charge in [0.25, 0.3) is 0 Å². The van der Waals surface area contributed by atoms with E-state index < -0.39 is 15.6 Å². The largest absolute Gasteiger partial charge is 0.489 e. The van der Waals surface area contributed by atoms with Crippen LogP contribution < -0.4 is 4.74 Å². The van der Waals surface area contributed by atoms with Crippen molar-refractivity contribution in [2.75, 3.05) is 12.9 Å². The van der Waals surface area contributed by atoms with Crippen LogP contribution >= 0.6 is 23.2 Å². The van der Waals surface area contributed by atoms with E-state index in [-0.39, 0.29) is 57.2 Å². The van der Waals surface area contributed by atoms with E-state index in [0.717, 1.165) is 6.26 Å². The Hall–Kier alpha value is -2.30. The van der Waals surface area contributed by atoms with Crippen molar-refractivity contribution >= 4 is 44.6 Å². The first-order chi connectivity index (χ1) is 13.7. The zero-order valence-electron chi connectivity index (χ0n) is 15.3.